The molecule has 3 atom stereocenters. The van der Waals surface area contributed by atoms with E-state index in [1.807, 2.05) is 4.90 Å². The Balaban J connectivity index is 1.91. The molecule has 0 aliphatic carbocycles. The number of hydrogen-bond donors (Lipinski definition) is 0. The molecule has 0 aromatic heterocycles. The number of carbonyl (C=O) groups excluding carboxylic acids is 1. The number of carbonyl (C=O) groups is 1. The average Bonchev–Trinajstić information content (AvgIpc) is 2.85. The molecule has 3 nitrogen and oxygen atoms in total. The highest BCUT2D eigenvalue weighted by Crippen LogP contribution is 2.28. The number of amides is 1. The quantitative estimate of drug-likeness (QED) is 0.718. The molecule has 2 rings (SSSR count). The maximum atomic E-state index is 12.1. The molecule has 2 aliphatic rings. The average molecular weight is 276 g/mol. The van der Waals surface area contributed by atoms with Gasteiger partial charge in [-0.05, 0) is 12.3 Å². The van der Waals surface area contributed by atoms with Crippen molar-refractivity contribution in [1.82, 2.24) is 4.90 Å². The Morgan fingerprint density at radius 3 is 2.87 bits per heavy atom. The van der Waals surface area contributed by atoms with Crippen LogP contribution < -0.4 is 0 Å². The molecule has 0 saturated carbocycles. The first-order valence-corrected chi connectivity index (χ1v) is 6.64. The molecule has 3 unspecified atom stereocenters. The van der Waals surface area contributed by atoms with Gasteiger partial charge in [0, 0.05) is 24.5 Å². The zero-order valence-corrected chi connectivity index (χ0v) is 10.7. The van der Waals surface area contributed by atoms with Gasteiger partial charge < -0.3 is 9.64 Å². The van der Waals surface area contributed by atoms with Crippen LogP contribution in [-0.4, -0.2) is 41.9 Å². The molecular weight excluding hydrogens is 258 g/mol. The van der Waals surface area contributed by atoms with Crippen LogP contribution in [0.3, 0.4) is 0 Å². The highest BCUT2D eigenvalue weighted by Gasteiger charge is 2.36. The molecule has 0 N–H and O–H groups in total. The third-order valence-corrected chi connectivity index (χ3v) is 4.51. The van der Waals surface area contributed by atoms with Crippen LogP contribution in [0, 0.1) is 11.8 Å². The first-order valence-electron chi connectivity index (χ1n) is 5.73. The molecular formula is C11H18BrNO2. The molecule has 0 aromatic carbocycles. The van der Waals surface area contributed by atoms with E-state index in [-0.39, 0.29) is 5.92 Å². The van der Waals surface area contributed by atoms with E-state index in [4.69, 9.17) is 4.74 Å². The van der Waals surface area contributed by atoms with Crippen molar-refractivity contribution in [2.75, 3.05) is 26.3 Å². The van der Waals surface area contributed by atoms with Crippen molar-refractivity contribution < 1.29 is 9.53 Å². The van der Waals surface area contributed by atoms with Crippen LogP contribution in [0.4, 0.5) is 0 Å². The van der Waals surface area contributed by atoms with Crippen molar-refractivity contribution in [2.45, 2.75) is 24.6 Å². The third kappa shape index (κ3) is 2.36. The summed E-state index contributed by atoms with van der Waals surface area (Å²) in [7, 11) is 0. The lowest BCUT2D eigenvalue weighted by Gasteiger charge is -2.19. The fraction of sp³-hybridized carbons (Fsp3) is 0.909. The van der Waals surface area contributed by atoms with Gasteiger partial charge in [0.25, 0.3) is 0 Å². The van der Waals surface area contributed by atoms with Crippen molar-refractivity contribution in [2.24, 2.45) is 11.8 Å². The van der Waals surface area contributed by atoms with Gasteiger partial charge in [-0.2, -0.15) is 0 Å². The Morgan fingerprint density at radius 1 is 1.53 bits per heavy atom. The van der Waals surface area contributed by atoms with E-state index in [9.17, 15) is 4.79 Å². The topological polar surface area (TPSA) is 29.5 Å². The van der Waals surface area contributed by atoms with Crippen LogP contribution >= 0.6 is 15.9 Å². The van der Waals surface area contributed by atoms with Crippen LogP contribution in [0.1, 0.15) is 19.8 Å². The molecule has 0 radical (unpaired) electrons. The first kappa shape index (κ1) is 11.4. The molecule has 2 fully saturated rings. The third-order valence-electron chi connectivity index (χ3n) is 3.48. The second kappa shape index (κ2) is 4.83. The minimum Gasteiger partial charge on any atom is -0.381 e. The summed E-state index contributed by atoms with van der Waals surface area (Å²) >= 11 is 3.66. The van der Waals surface area contributed by atoms with Gasteiger partial charge in [0.15, 0.2) is 0 Å². The van der Waals surface area contributed by atoms with Crippen LogP contribution in [0.2, 0.25) is 0 Å². The Kier molecular flexibility index (Phi) is 3.67. The zero-order chi connectivity index (χ0) is 10.8. The molecule has 1 amide bonds. The van der Waals surface area contributed by atoms with E-state index in [0.717, 1.165) is 32.5 Å². The molecule has 15 heavy (non-hydrogen) atoms. The number of halogens is 1. The molecule has 2 heterocycles. The van der Waals surface area contributed by atoms with Crippen LogP contribution in [0.25, 0.3) is 0 Å². The van der Waals surface area contributed by atoms with E-state index in [1.165, 1.54) is 0 Å². The maximum absolute atomic E-state index is 12.1. The molecule has 2 saturated heterocycles. The normalized spacial score (nSPS) is 36.1. The van der Waals surface area contributed by atoms with Crippen molar-refractivity contribution in [3.05, 3.63) is 0 Å². The molecule has 0 spiro atoms. The van der Waals surface area contributed by atoms with E-state index >= 15 is 0 Å². The van der Waals surface area contributed by atoms with Crippen LogP contribution in [0.15, 0.2) is 0 Å². The van der Waals surface area contributed by atoms with Gasteiger partial charge in [0.1, 0.15) is 0 Å². The highest BCUT2D eigenvalue weighted by molar-refractivity contribution is 9.09. The van der Waals surface area contributed by atoms with Gasteiger partial charge in [-0.25, -0.2) is 0 Å². The maximum Gasteiger partial charge on any atom is 0.228 e. The fourth-order valence-electron chi connectivity index (χ4n) is 2.38. The second-order valence-electron chi connectivity index (χ2n) is 4.49. The Labute approximate surface area is 99.3 Å². The Bertz CT molecular complexity index is 241. The van der Waals surface area contributed by atoms with Crippen LogP contribution in [0.5, 0.6) is 0 Å². The lowest BCUT2D eigenvalue weighted by molar-refractivity contribution is -0.134. The SMILES string of the molecule is CCC1CN(C(=O)C2CCOC2)CC1Br. The van der Waals surface area contributed by atoms with Gasteiger partial charge in [-0.3, -0.25) is 4.79 Å². The summed E-state index contributed by atoms with van der Waals surface area (Å²) in [6.07, 6.45) is 2.04. The molecule has 86 valence electrons. The summed E-state index contributed by atoms with van der Waals surface area (Å²) in [5.74, 6) is 1.05. The summed E-state index contributed by atoms with van der Waals surface area (Å²) in [4.78, 5) is 14.6. The Morgan fingerprint density at radius 2 is 2.33 bits per heavy atom. The summed E-state index contributed by atoms with van der Waals surface area (Å²) < 4.78 is 5.26. The summed E-state index contributed by atoms with van der Waals surface area (Å²) in [6, 6.07) is 0. The summed E-state index contributed by atoms with van der Waals surface area (Å²) in [5, 5.41) is 0. The van der Waals surface area contributed by atoms with Crippen molar-refractivity contribution >= 4 is 21.8 Å². The van der Waals surface area contributed by atoms with Crippen LogP contribution in [-0.2, 0) is 9.53 Å². The number of rotatable bonds is 2. The first-order chi connectivity index (χ1) is 7.22. The monoisotopic (exact) mass is 275 g/mol. The number of alkyl halides is 1. The van der Waals surface area contributed by atoms with E-state index in [1.54, 1.807) is 0 Å². The minimum absolute atomic E-state index is 0.125. The lowest BCUT2D eigenvalue weighted by atomic mass is 10.1. The molecule has 0 bridgehead atoms. The number of hydrogen-bond acceptors (Lipinski definition) is 2. The molecule has 2 aliphatic heterocycles. The van der Waals surface area contributed by atoms with Gasteiger partial charge in [-0.15, -0.1) is 0 Å². The van der Waals surface area contributed by atoms with E-state index < -0.39 is 0 Å². The number of nitrogens with zero attached hydrogens (tertiary/aromatic N) is 1. The second-order valence-corrected chi connectivity index (χ2v) is 5.66. The number of ether oxygens (including phenoxy) is 1. The lowest BCUT2D eigenvalue weighted by Crippen LogP contribution is -2.35. The smallest absolute Gasteiger partial charge is 0.228 e. The number of likely N-dealkylation sites (tertiary alicyclic amines) is 1. The van der Waals surface area contributed by atoms with Gasteiger partial charge in [-0.1, -0.05) is 29.3 Å². The van der Waals surface area contributed by atoms with E-state index in [0.29, 0.717) is 23.3 Å². The molecule has 0 aromatic rings. The fourth-order valence-corrected chi connectivity index (χ4v) is 3.27. The van der Waals surface area contributed by atoms with Gasteiger partial charge in [0.2, 0.25) is 5.91 Å². The van der Waals surface area contributed by atoms with Gasteiger partial charge >= 0.3 is 0 Å². The van der Waals surface area contributed by atoms with E-state index in [2.05, 4.69) is 22.9 Å². The van der Waals surface area contributed by atoms with Crippen molar-refractivity contribution in [3.63, 3.8) is 0 Å². The van der Waals surface area contributed by atoms with Gasteiger partial charge in [0.05, 0.1) is 12.5 Å². The predicted octanol–water partition coefficient (Wildman–Crippen LogP) is 1.65. The summed E-state index contributed by atoms with van der Waals surface area (Å²) in [6.45, 7) is 5.35. The van der Waals surface area contributed by atoms with Crippen molar-refractivity contribution in [3.8, 4) is 0 Å². The summed E-state index contributed by atoms with van der Waals surface area (Å²) in [5.41, 5.74) is 0. The minimum atomic E-state index is 0.125. The molecule has 4 heteroatoms. The van der Waals surface area contributed by atoms with Crippen molar-refractivity contribution in [1.29, 1.82) is 0 Å². The standard InChI is InChI=1S/C11H18BrNO2/c1-2-8-5-13(6-10(8)12)11(14)9-3-4-15-7-9/h8-10H,2-7H2,1H3. The highest BCUT2D eigenvalue weighted by atomic mass is 79.9. The predicted molar refractivity (Wildman–Crippen MR) is 62.0 cm³/mol. The Hall–Kier alpha value is -0.0900. The largest absolute Gasteiger partial charge is 0.381 e. The zero-order valence-electron chi connectivity index (χ0n) is 9.12.